The van der Waals surface area contributed by atoms with Crippen molar-refractivity contribution in [1.29, 1.82) is 0 Å². The third-order valence-electron chi connectivity index (χ3n) is 12.2. The number of ether oxygens (including phenoxy) is 4. The van der Waals surface area contributed by atoms with Crippen LogP contribution < -0.4 is 19.5 Å². The van der Waals surface area contributed by atoms with Crippen molar-refractivity contribution in [3.63, 3.8) is 0 Å². The van der Waals surface area contributed by atoms with Gasteiger partial charge in [-0.1, -0.05) is 59.6 Å². The Labute approximate surface area is 352 Å². The summed E-state index contributed by atoms with van der Waals surface area (Å²) < 4.78 is 21.6. The summed E-state index contributed by atoms with van der Waals surface area (Å²) in [4.78, 5) is 48.4. The Kier molecular flexibility index (Phi) is 14.7. The number of nitrogens with one attached hydrogen (secondary N) is 1. The molecule has 6 rings (SSSR count). The topological polar surface area (TPSA) is 113 Å². The molecule has 3 amide bonds. The number of carbonyl (C=O) groups excluding carboxylic acids is 3. The van der Waals surface area contributed by atoms with E-state index in [4.69, 9.17) is 42.1 Å². The van der Waals surface area contributed by atoms with Gasteiger partial charge in [-0.05, 0) is 87.5 Å². The highest BCUT2D eigenvalue weighted by Gasteiger charge is 2.44. The van der Waals surface area contributed by atoms with Crippen molar-refractivity contribution in [2.75, 3.05) is 93.4 Å². The summed E-state index contributed by atoms with van der Waals surface area (Å²) in [7, 11) is 4.62. The van der Waals surface area contributed by atoms with Crippen LogP contribution in [0.2, 0.25) is 10.0 Å². The summed E-state index contributed by atoms with van der Waals surface area (Å²) in [6.07, 6.45) is 4.26. The van der Waals surface area contributed by atoms with E-state index < -0.39 is 5.54 Å². The number of hydrogen-bond acceptors (Lipinski definition) is 9. The quantitative estimate of drug-likeness (QED) is 0.164. The SMILES string of the molecule is CCOC(=O)CCCN1CCN(C(=O)NC2(c3ccccc3)CCN(CCC3(c4ccc(Cl)c(Cl)c4)CCN(C(=O)c4cc(OC)c(OC)c(OC)c4)C3)CC2)CC1. The highest BCUT2D eigenvalue weighted by atomic mass is 35.5. The van der Waals surface area contributed by atoms with Crippen molar-refractivity contribution in [3.05, 3.63) is 87.4 Å². The standard InChI is InChI=1S/C44H57Cl2N5O7/c1-5-58-39(52)12-9-19-48-24-26-50(27-25-48)42(54)47-44(33-10-7-6-8-11-33)17-21-49(22-18-44)20-15-43(34-13-14-35(45)36(46)30-34)16-23-51(31-43)41(53)32-28-37(55-2)40(57-4)38(29-32)56-3/h6-8,10-11,13-14,28-30H,5,9,12,15-27,31H2,1-4H3,(H,47,54). The van der Waals surface area contributed by atoms with E-state index in [0.717, 1.165) is 82.5 Å². The van der Waals surface area contributed by atoms with Gasteiger partial charge in [-0.3, -0.25) is 14.5 Å². The van der Waals surface area contributed by atoms with Crippen LogP contribution in [0.5, 0.6) is 17.2 Å². The first-order valence-electron chi connectivity index (χ1n) is 20.3. The number of urea groups is 1. The lowest BCUT2D eigenvalue weighted by Crippen LogP contribution is -2.59. The Bertz CT molecular complexity index is 1860. The van der Waals surface area contributed by atoms with Crippen molar-refractivity contribution in [1.82, 2.24) is 24.9 Å². The fourth-order valence-corrected chi connectivity index (χ4v) is 9.05. The van der Waals surface area contributed by atoms with Crippen LogP contribution in [0.25, 0.3) is 0 Å². The van der Waals surface area contributed by atoms with E-state index in [1.165, 1.54) is 21.3 Å². The monoisotopic (exact) mass is 837 g/mol. The number of amides is 3. The fourth-order valence-electron chi connectivity index (χ4n) is 8.75. The second kappa shape index (κ2) is 19.7. The van der Waals surface area contributed by atoms with E-state index in [9.17, 15) is 14.4 Å². The Hall–Kier alpha value is -4.23. The first-order chi connectivity index (χ1) is 28.0. The van der Waals surface area contributed by atoms with Gasteiger partial charge in [0.1, 0.15) is 0 Å². The number of piperidine rings is 1. The maximum Gasteiger partial charge on any atom is 0.318 e. The zero-order valence-corrected chi connectivity index (χ0v) is 35.7. The number of likely N-dealkylation sites (tertiary alicyclic amines) is 2. The molecule has 0 radical (unpaired) electrons. The molecule has 3 aromatic carbocycles. The van der Waals surface area contributed by atoms with Gasteiger partial charge in [0.05, 0.1) is 43.5 Å². The van der Waals surface area contributed by atoms with Crippen molar-refractivity contribution < 1.29 is 33.3 Å². The van der Waals surface area contributed by atoms with Crippen molar-refractivity contribution in [2.45, 2.75) is 56.4 Å². The summed E-state index contributed by atoms with van der Waals surface area (Å²) >= 11 is 13.0. The summed E-state index contributed by atoms with van der Waals surface area (Å²) in [5, 5.41) is 4.49. The van der Waals surface area contributed by atoms with Gasteiger partial charge in [0.2, 0.25) is 5.75 Å². The minimum absolute atomic E-state index is 0.0372. The first-order valence-corrected chi connectivity index (χ1v) is 21.1. The van der Waals surface area contributed by atoms with Gasteiger partial charge in [0.25, 0.3) is 5.91 Å². The highest BCUT2D eigenvalue weighted by Crippen LogP contribution is 2.43. The largest absolute Gasteiger partial charge is 0.493 e. The number of halogens is 2. The van der Waals surface area contributed by atoms with Crippen LogP contribution in [0, 0.1) is 0 Å². The number of rotatable bonds is 15. The average molecular weight is 839 g/mol. The normalized spacial score (nSPS) is 19.8. The van der Waals surface area contributed by atoms with Gasteiger partial charge in [-0.25, -0.2) is 4.79 Å². The van der Waals surface area contributed by atoms with Crippen LogP contribution in [0.15, 0.2) is 60.7 Å². The average Bonchev–Trinajstić information content (AvgIpc) is 3.69. The Morgan fingerprint density at radius 1 is 0.724 bits per heavy atom. The third-order valence-corrected chi connectivity index (χ3v) is 12.9. The van der Waals surface area contributed by atoms with Crippen molar-refractivity contribution in [3.8, 4) is 17.2 Å². The van der Waals surface area contributed by atoms with Crippen LogP contribution >= 0.6 is 23.2 Å². The molecule has 12 nitrogen and oxygen atoms in total. The molecule has 0 bridgehead atoms. The summed E-state index contributed by atoms with van der Waals surface area (Å²) in [6.45, 7) is 9.34. The molecule has 3 saturated heterocycles. The van der Waals surface area contributed by atoms with Crippen LogP contribution in [0.3, 0.4) is 0 Å². The lowest BCUT2D eigenvalue weighted by atomic mass is 9.76. The molecule has 0 saturated carbocycles. The number of carbonyl (C=O) groups is 3. The molecule has 3 aromatic rings. The predicted molar refractivity (Wildman–Crippen MR) is 226 cm³/mol. The van der Waals surface area contributed by atoms with Gasteiger partial charge in [0, 0.05) is 69.8 Å². The number of methoxy groups -OCH3 is 3. The van der Waals surface area contributed by atoms with Gasteiger partial charge >= 0.3 is 12.0 Å². The number of esters is 1. The molecule has 0 aliphatic carbocycles. The zero-order valence-electron chi connectivity index (χ0n) is 34.2. The van der Waals surface area contributed by atoms with Crippen molar-refractivity contribution >= 4 is 41.1 Å². The molecule has 1 atom stereocenters. The lowest BCUT2D eigenvalue weighted by Gasteiger charge is -2.45. The molecule has 0 spiro atoms. The van der Waals surface area contributed by atoms with Crippen LogP contribution in [0.1, 0.15) is 66.9 Å². The molecular weight excluding hydrogens is 781 g/mol. The molecule has 3 fully saturated rings. The molecule has 3 aliphatic rings. The molecule has 1 N–H and O–H groups in total. The third kappa shape index (κ3) is 9.96. The Morgan fingerprint density at radius 2 is 1.40 bits per heavy atom. The van der Waals surface area contributed by atoms with Gasteiger partial charge in [-0.2, -0.15) is 0 Å². The molecule has 14 heteroatoms. The van der Waals surface area contributed by atoms with E-state index in [1.54, 1.807) is 12.1 Å². The van der Waals surface area contributed by atoms with E-state index in [1.807, 2.05) is 53.1 Å². The second-order valence-corrected chi connectivity index (χ2v) is 16.3. The molecule has 58 heavy (non-hydrogen) atoms. The molecule has 3 aliphatic heterocycles. The van der Waals surface area contributed by atoms with Crippen molar-refractivity contribution in [2.24, 2.45) is 0 Å². The van der Waals surface area contributed by atoms with E-state index in [0.29, 0.717) is 72.1 Å². The minimum Gasteiger partial charge on any atom is -0.493 e. The van der Waals surface area contributed by atoms with Crippen LogP contribution in [-0.4, -0.2) is 131 Å². The summed E-state index contributed by atoms with van der Waals surface area (Å²) in [5.41, 5.74) is 1.79. The zero-order chi connectivity index (χ0) is 41.3. The van der Waals surface area contributed by atoms with Gasteiger partial charge in [0.15, 0.2) is 11.5 Å². The Morgan fingerprint density at radius 3 is 2.02 bits per heavy atom. The molecule has 1 unspecified atom stereocenters. The maximum absolute atomic E-state index is 14.1. The minimum atomic E-state index is -0.496. The molecule has 0 aromatic heterocycles. The number of benzene rings is 3. The Balaban J connectivity index is 1.12. The predicted octanol–water partition coefficient (Wildman–Crippen LogP) is 6.86. The molecule has 3 heterocycles. The van der Waals surface area contributed by atoms with E-state index in [2.05, 4.69) is 27.2 Å². The summed E-state index contributed by atoms with van der Waals surface area (Å²) in [5.74, 6) is 1.02. The molecular formula is C44H57Cl2N5O7. The van der Waals surface area contributed by atoms with Crippen LogP contribution in [0.4, 0.5) is 4.79 Å². The highest BCUT2D eigenvalue weighted by molar-refractivity contribution is 6.42. The number of hydrogen-bond donors (Lipinski definition) is 1. The van der Waals surface area contributed by atoms with Gasteiger partial charge < -0.3 is 39.0 Å². The van der Waals surface area contributed by atoms with Gasteiger partial charge in [-0.15, -0.1) is 0 Å². The smallest absolute Gasteiger partial charge is 0.318 e. The van der Waals surface area contributed by atoms with E-state index in [-0.39, 0.29) is 23.3 Å². The number of piperazine rings is 1. The fraction of sp³-hybridized carbons (Fsp3) is 0.523. The first kappa shape index (κ1) is 43.4. The number of nitrogens with zero attached hydrogens (tertiary/aromatic N) is 4. The lowest BCUT2D eigenvalue weighted by molar-refractivity contribution is -0.143. The maximum atomic E-state index is 14.1. The second-order valence-electron chi connectivity index (χ2n) is 15.5. The van der Waals surface area contributed by atoms with E-state index >= 15 is 0 Å². The van der Waals surface area contributed by atoms with Crippen LogP contribution in [-0.2, 0) is 20.5 Å². The summed E-state index contributed by atoms with van der Waals surface area (Å²) in [6, 6.07) is 19.5. The molecule has 314 valence electrons.